The molecule has 2 rings (SSSR count). The van der Waals surface area contributed by atoms with Crippen LogP contribution in [0.25, 0.3) is 0 Å². The Bertz CT molecular complexity index is 837. The largest absolute Gasteiger partial charge is 0.269 e. The summed E-state index contributed by atoms with van der Waals surface area (Å²) in [5, 5.41) is 19.4. The van der Waals surface area contributed by atoms with E-state index in [0.29, 0.717) is 16.7 Å². The lowest BCUT2D eigenvalue weighted by Crippen LogP contribution is -2.07. The van der Waals surface area contributed by atoms with Crippen molar-refractivity contribution in [1.29, 1.82) is 5.26 Å². The summed E-state index contributed by atoms with van der Waals surface area (Å²) in [7, 11) is -3.43. The van der Waals surface area contributed by atoms with Gasteiger partial charge in [0.05, 0.1) is 28.1 Å². The number of nitro benzene ring substituents is 1. The number of nitro groups is 1. The lowest BCUT2D eigenvalue weighted by molar-refractivity contribution is -0.384. The molecular weight excluding hydrogens is 304 g/mol. The Morgan fingerprint density at radius 2 is 1.68 bits per heavy atom. The van der Waals surface area contributed by atoms with Crippen LogP contribution in [0.4, 0.5) is 5.69 Å². The molecule has 0 aromatic heterocycles. The Kier molecular flexibility index (Phi) is 4.53. The van der Waals surface area contributed by atoms with Gasteiger partial charge in [-0.25, -0.2) is 8.42 Å². The standard InChI is InChI=1S/C15H12N2O4S/c16-9-13-2-1-3-14(8-13)11-22(20,21)10-12-4-6-15(7-5-12)17(18)19/h1-8H,10-11H2. The third kappa shape index (κ3) is 4.14. The summed E-state index contributed by atoms with van der Waals surface area (Å²) in [5.41, 5.74) is 1.36. The molecule has 7 heteroatoms. The van der Waals surface area contributed by atoms with Crippen molar-refractivity contribution >= 4 is 15.5 Å². The van der Waals surface area contributed by atoms with Gasteiger partial charge >= 0.3 is 0 Å². The molecule has 0 aliphatic rings. The second kappa shape index (κ2) is 6.37. The van der Waals surface area contributed by atoms with Gasteiger partial charge in [0.15, 0.2) is 9.84 Å². The Labute approximate surface area is 127 Å². The smallest absolute Gasteiger partial charge is 0.258 e. The van der Waals surface area contributed by atoms with Gasteiger partial charge in [-0.1, -0.05) is 24.3 Å². The van der Waals surface area contributed by atoms with E-state index in [1.54, 1.807) is 18.2 Å². The van der Waals surface area contributed by atoms with Crippen molar-refractivity contribution in [3.63, 3.8) is 0 Å². The summed E-state index contributed by atoms with van der Waals surface area (Å²) in [6.07, 6.45) is 0. The number of nitrogens with zero attached hydrogens (tertiary/aromatic N) is 2. The van der Waals surface area contributed by atoms with Crippen LogP contribution in [0.5, 0.6) is 0 Å². The van der Waals surface area contributed by atoms with E-state index in [0.717, 1.165) is 0 Å². The minimum absolute atomic E-state index is 0.0807. The summed E-state index contributed by atoms with van der Waals surface area (Å²) in [4.78, 5) is 10.0. The second-order valence-electron chi connectivity index (χ2n) is 4.77. The van der Waals surface area contributed by atoms with E-state index in [1.807, 2.05) is 6.07 Å². The van der Waals surface area contributed by atoms with E-state index in [-0.39, 0.29) is 17.2 Å². The maximum absolute atomic E-state index is 12.2. The molecule has 0 saturated carbocycles. The second-order valence-corrected chi connectivity index (χ2v) is 6.83. The minimum Gasteiger partial charge on any atom is -0.258 e. The molecule has 22 heavy (non-hydrogen) atoms. The van der Waals surface area contributed by atoms with E-state index in [2.05, 4.69) is 0 Å². The SMILES string of the molecule is N#Cc1cccc(CS(=O)(=O)Cc2ccc([N+](=O)[O-])cc2)c1. The van der Waals surface area contributed by atoms with Crippen LogP contribution in [0, 0.1) is 21.4 Å². The van der Waals surface area contributed by atoms with E-state index in [9.17, 15) is 18.5 Å². The Hall–Kier alpha value is -2.72. The highest BCUT2D eigenvalue weighted by molar-refractivity contribution is 7.89. The fourth-order valence-electron chi connectivity index (χ4n) is 2.00. The van der Waals surface area contributed by atoms with Crippen LogP contribution >= 0.6 is 0 Å². The number of hydrogen-bond acceptors (Lipinski definition) is 5. The van der Waals surface area contributed by atoms with Gasteiger partial charge in [0.2, 0.25) is 0 Å². The molecule has 0 spiro atoms. The zero-order chi connectivity index (χ0) is 16.2. The summed E-state index contributed by atoms with van der Waals surface area (Å²) in [6, 6.07) is 13.8. The average Bonchev–Trinajstić information content (AvgIpc) is 2.47. The van der Waals surface area contributed by atoms with Crippen molar-refractivity contribution in [1.82, 2.24) is 0 Å². The molecule has 0 radical (unpaired) electrons. The van der Waals surface area contributed by atoms with Crippen molar-refractivity contribution in [2.75, 3.05) is 0 Å². The molecule has 0 unspecified atom stereocenters. The molecule has 0 aliphatic heterocycles. The van der Waals surface area contributed by atoms with Gasteiger partial charge in [-0.2, -0.15) is 5.26 Å². The van der Waals surface area contributed by atoms with Gasteiger partial charge in [-0.05, 0) is 23.3 Å². The molecule has 112 valence electrons. The quantitative estimate of drug-likeness (QED) is 0.623. The van der Waals surface area contributed by atoms with Crippen molar-refractivity contribution in [2.45, 2.75) is 11.5 Å². The molecule has 0 aliphatic carbocycles. The fraction of sp³-hybridized carbons (Fsp3) is 0.133. The Morgan fingerprint density at radius 3 is 2.27 bits per heavy atom. The van der Waals surface area contributed by atoms with Crippen LogP contribution in [-0.4, -0.2) is 13.3 Å². The highest BCUT2D eigenvalue weighted by Crippen LogP contribution is 2.17. The molecule has 0 bridgehead atoms. The summed E-state index contributed by atoms with van der Waals surface area (Å²) in [6.45, 7) is 0. The number of benzene rings is 2. The predicted octanol–water partition coefficient (Wildman–Crippen LogP) is 2.58. The number of nitriles is 1. The molecule has 6 nitrogen and oxygen atoms in total. The summed E-state index contributed by atoms with van der Waals surface area (Å²) in [5.74, 6) is -0.388. The van der Waals surface area contributed by atoms with E-state index in [4.69, 9.17) is 5.26 Å². The van der Waals surface area contributed by atoms with Crippen molar-refractivity contribution in [3.8, 4) is 6.07 Å². The molecule has 0 heterocycles. The van der Waals surface area contributed by atoms with Gasteiger partial charge in [-0.3, -0.25) is 10.1 Å². The third-order valence-corrected chi connectivity index (χ3v) is 4.52. The highest BCUT2D eigenvalue weighted by Gasteiger charge is 2.14. The minimum atomic E-state index is -3.43. The highest BCUT2D eigenvalue weighted by atomic mass is 32.2. The van der Waals surface area contributed by atoms with Gasteiger partial charge in [0, 0.05) is 12.1 Å². The molecule has 0 saturated heterocycles. The third-order valence-electron chi connectivity index (χ3n) is 2.98. The van der Waals surface area contributed by atoms with Gasteiger partial charge in [0.25, 0.3) is 5.69 Å². The Balaban J connectivity index is 2.13. The first-order chi connectivity index (χ1) is 10.4. The first-order valence-corrected chi connectivity index (χ1v) is 8.14. The Morgan fingerprint density at radius 1 is 1.05 bits per heavy atom. The molecule has 0 fully saturated rings. The van der Waals surface area contributed by atoms with E-state index in [1.165, 1.54) is 30.3 Å². The maximum atomic E-state index is 12.2. The molecule has 0 atom stereocenters. The maximum Gasteiger partial charge on any atom is 0.269 e. The molecule has 2 aromatic carbocycles. The molecule has 2 aromatic rings. The fourth-order valence-corrected chi connectivity index (χ4v) is 3.49. The summed E-state index contributed by atoms with van der Waals surface area (Å²) >= 11 is 0. The number of sulfone groups is 1. The number of hydrogen-bond donors (Lipinski definition) is 0. The summed E-state index contributed by atoms with van der Waals surface area (Å²) < 4.78 is 24.3. The van der Waals surface area contributed by atoms with Crippen molar-refractivity contribution in [3.05, 3.63) is 75.3 Å². The van der Waals surface area contributed by atoms with Crippen LogP contribution in [0.15, 0.2) is 48.5 Å². The number of rotatable bonds is 5. The van der Waals surface area contributed by atoms with Crippen LogP contribution in [-0.2, 0) is 21.3 Å². The zero-order valence-electron chi connectivity index (χ0n) is 11.5. The zero-order valence-corrected chi connectivity index (χ0v) is 12.3. The molecule has 0 N–H and O–H groups in total. The van der Waals surface area contributed by atoms with Gasteiger partial charge in [-0.15, -0.1) is 0 Å². The van der Waals surface area contributed by atoms with Crippen molar-refractivity contribution < 1.29 is 13.3 Å². The van der Waals surface area contributed by atoms with Crippen molar-refractivity contribution in [2.24, 2.45) is 0 Å². The topological polar surface area (TPSA) is 101 Å². The van der Waals surface area contributed by atoms with Crippen LogP contribution in [0.3, 0.4) is 0 Å². The first-order valence-electron chi connectivity index (χ1n) is 6.32. The number of non-ortho nitro benzene ring substituents is 1. The van der Waals surface area contributed by atoms with E-state index >= 15 is 0 Å². The average molecular weight is 316 g/mol. The molecule has 0 amide bonds. The lowest BCUT2D eigenvalue weighted by atomic mass is 10.2. The lowest BCUT2D eigenvalue weighted by Gasteiger charge is -2.05. The van der Waals surface area contributed by atoms with Crippen LogP contribution in [0.2, 0.25) is 0 Å². The normalized spacial score (nSPS) is 10.9. The monoisotopic (exact) mass is 316 g/mol. The van der Waals surface area contributed by atoms with Gasteiger partial charge in [0.1, 0.15) is 0 Å². The predicted molar refractivity (Wildman–Crippen MR) is 80.6 cm³/mol. The van der Waals surface area contributed by atoms with Crippen LogP contribution in [0.1, 0.15) is 16.7 Å². The van der Waals surface area contributed by atoms with E-state index < -0.39 is 14.8 Å². The first kappa shape index (κ1) is 15.7. The van der Waals surface area contributed by atoms with Gasteiger partial charge < -0.3 is 0 Å². The molecular formula is C15H12N2O4S. The van der Waals surface area contributed by atoms with Crippen LogP contribution < -0.4 is 0 Å².